The minimum Gasteiger partial charge on any atom is -0.490 e. The summed E-state index contributed by atoms with van der Waals surface area (Å²) in [5.41, 5.74) is 2.62. The van der Waals surface area contributed by atoms with Crippen LogP contribution < -0.4 is 14.8 Å². The average Bonchev–Trinajstić information content (AvgIpc) is 2.69. The minimum atomic E-state index is 0.292. The number of nitrogens with one attached hydrogen (secondary N) is 1. The van der Waals surface area contributed by atoms with Crippen molar-refractivity contribution < 1.29 is 9.47 Å². The molecule has 158 valence electrons. The summed E-state index contributed by atoms with van der Waals surface area (Å²) in [5.74, 6) is 1.26. The zero-order chi connectivity index (χ0) is 21.7. The van der Waals surface area contributed by atoms with Gasteiger partial charge in [-0.25, -0.2) is 0 Å². The Bertz CT molecular complexity index is 1050. The van der Waals surface area contributed by atoms with Crippen molar-refractivity contribution in [2.24, 2.45) is 0 Å². The summed E-state index contributed by atoms with van der Waals surface area (Å²) in [4.78, 5) is 0. The highest BCUT2D eigenvalue weighted by molar-refractivity contribution is 9.10. The molecule has 0 aliphatic carbocycles. The van der Waals surface area contributed by atoms with E-state index in [0.29, 0.717) is 51.3 Å². The largest absolute Gasteiger partial charge is 0.490 e. The van der Waals surface area contributed by atoms with Crippen molar-refractivity contribution in [2.45, 2.75) is 20.1 Å². The number of hydrogen-bond donors (Lipinski definition) is 1. The highest BCUT2D eigenvalue weighted by atomic mass is 79.9. The molecule has 0 fully saturated rings. The number of halogens is 5. The second-order valence-electron chi connectivity index (χ2n) is 6.33. The van der Waals surface area contributed by atoms with Gasteiger partial charge in [0.2, 0.25) is 0 Å². The third kappa shape index (κ3) is 6.12. The van der Waals surface area contributed by atoms with Gasteiger partial charge < -0.3 is 14.8 Å². The van der Waals surface area contributed by atoms with Crippen LogP contribution >= 0.6 is 62.3 Å². The molecule has 0 radical (unpaired) electrons. The summed E-state index contributed by atoms with van der Waals surface area (Å²) in [6.45, 7) is 3.26. The first-order chi connectivity index (χ1) is 14.4. The zero-order valence-corrected chi connectivity index (χ0v) is 20.6. The first kappa shape index (κ1) is 23.4. The number of rotatable bonds is 8. The van der Waals surface area contributed by atoms with Crippen LogP contribution in [0.1, 0.15) is 18.1 Å². The van der Waals surface area contributed by atoms with Gasteiger partial charge in [-0.2, -0.15) is 0 Å². The Hall–Kier alpha value is -1.30. The number of benzene rings is 3. The van der Waals surface area contributed by atoms with Crippen LogP contribution in [0.5, 0.6) is 11.5 Å². The van der Waals surface area contributed by atoms with Gasteiger partial charge in [-0.3, -0.25) is 0 Å². The predicted octanol–water partition coefficient (Wildman–Crippen LogP) is 8.65. The predicted molar refractivity (Wildman–Crippen MR) is 130 cm³/mol. The van der Waals surface area contributed by atoms with Crippen LogP contribution in [0.15, 0.2) is 53.0 Å². The van der Waals surface area contributed by atoms with Crippen molar-refractivity contribution in [1.82, 2.24) is 0 Å². The third-order valence-electron chi connectivity index (χ3n) is 4.21. The van der Waals surface area contributed by atoms with E-state index in [1.54, 1.807) is 24.3 Å². The van der Waals surface area contributed by atoms with Gasteiger partial charge in [0, 0.05) is 31.6 Å². The lowest BCUT2D eigenvalue weighted by Gasteiger charge is -2.16. The van der Waals surface area contributed by atoms with E-state index in [9.17, 15) is 0 Å². The van der Waals surface area contributed by atoms with Crippen molar-refractivity contribution in [3.8, 4) is 11.5 Å². The molecule has 30 heavy (non-hydrogen) atoms. The van der Waals surface area contributed by atoms with Crippen molar-refractivity contribution in [2.75, 3.05) is 11.9 Å². The Morgan fingerprint density at radius 2 is 1.47 bits per heavy atom. The van der Waals surface area contributed by atoms with Crippen molar-refractivity contribution in [1.29, 1.82) is 0 Å². The molecule has 0 atom stereocenters. The lowest BCUT2D eigenvalue weighted by atomic mass is 10.2. The Morgan fingerprint density at radius 1 is 0.800 bits per heavy atom. The standard InChI is InChI=1S/C22H18BrCl4NO2/c1-2-29-21-7-14(11-28-20-6-5-16(25)9-19(20)27)17(23)10-22(21)30-12-13-3-4-15(24)8-18(13)26/h3-10,28H,2,11-12H2,1H3. The minimum absolute atomic E-state index is 0.292. The maximum absolute atomic E-state index is 6.24. The first-order valence-electron chi connectivity index (χ1n) is 9.08. The molecule has 0 aliphatic rings. The van der Waals surface area contributed by atoms with Crippen LogP contribution in [0.3, 0.4) is 0 Å². The lowest BCUT2D eigenvalue weighted by Crippen LogP contribution is -2.04. The fourth-order valence-corrected chi connectivity index (χ4v) is 4.11. The number of ether oxygens (including phenoxy) is 2. The molecule has 3 aromatic rings. The smallest absolute Gasteiger partial charge is 0.162 e. The lowest BCUT2D eigenvalue weighted by molar-refractivity contribution is 0.269. The molecule has 1 N–H and O–H groups in total. The quantitative estimate of drug-likeness (QED) is 0.305. The van der Waals surface area contributed by atoms with Gasteiger partial charge in [0.1, 0.15) is 6.61 Å². The van der Waals surface area contributed by atoms with Gasteiger partial charge in [-0.05, 0) is 55.0 Å². The van der Waals surface area contributed by atoms with E-state index < -0.39 is 0 Å². The fourth-order valence-electron chi connectivity index (χ4n) is 2.71. The molecule has 0 heterocycles. The first-order valence-corrected chi connectivity index (χ1v) is 11.4. The van der Waals surface area contributed by atoms with Gasteiger partial charge in [0.15, 0.2) is 11.5 Å². The second-order valence-corrected chi connectivity index (χ2v) is 8.87. The van der Waals surface area contributed by atoms with Gasteiger partial charge in [-0.15, -0.1) is 0 Å². The Labute approximate surface area is 204 Å². The summed E-state index contributed by atoms with van der Waals surface area (Å²) in [5, 5.41) is 5.60. The highest BCUT2D eigenvalue weighted by Gasteiger charge is 2.13. The maximum atomic E-state index is 6.24. The van der Waals surface area contributed by atoms with Crippen molar-refractivity contribution in [3.63, 3.8) is 0 Å². The van der Waals surface area contributed by atoms with E-state index in [4.69, 9.17) is 55.9 Å². The van der Waals surface area contributed by atoms with Crippen molar-refractivity contribution >= 4 is 68.0 Å². The fraction of sp³-hybridized carbons (Fsp3) is 0.182. The van der Waals surface area contributed by atoms with E-state index in [-0.39, 0.29) is 0 Å². The summed E-state index contributed by atoms with van der Waals surface area (Å²) < 4.78 is 12.7. The Kier molecular flexibility index (Phi) is 8.44. The molecule has 0 aliphatic heterocycles. The topological polar surface area (TPSA) is 30.5 Å². The van der Waals surface area contributed by atoms with Crippen LogP contribution in [0.4, 0.5) is 5.69 Å². The average molecular weight is 550 g/mol. The molecule has 0 bridgehead atoms. The summed E-state index contributed by atoms with van der Waals surface area (Å²) in [6.07, 6.45) is 0. The van der Waals surface area contributed by atoms with Gasteiger partial charge in [-0.1, -0.05) is 68.4 Å². The van der Waals surface area contributed by atoms with E-state index in [1.807, 2.05) is 31.2 Å². The van der Waals surface area contributed by atoms with Crippen molar-refractivity contribution in [3.05, 3.63) is 84.2 Å². The van der Waals surface area contributed by atoms with Crippen LogP contribution in [0.25, 0.3) is 0 Å². The molecule has 0 saturated heterocycles. The molecule has 3 rings (SSSR count). The number of anilines is 1. The molecule has 0 saturated carbocycles. The molecule has 3 aromatic carbocycles. The molecule has 0 aromatic heterocycles. The Morgan fingerprint density at radius 3 is 2.13 bits per heavy atom. The molecule has 3 nitrogen and oxygen atoms in total. The summed E-state index contributed by atoms with van der Waals surface area (Å²) in [7, 11) is 0. The van der Waals surface area contributed by atoms with Crippen LogP contribution in [0, 0.1) is 0 Å². The number of hydrogen-bond acceptors (Lipinski definition) is 3. The molecular weight excluding hydrogens is 532 g/mol. The second kappa shape index (κ2) is 10.8. The van der Waals surface area contributed by atoms with E-state index in [2.05, 4.69) is 21.2 Å². The molecule has 0 amide bonds. The van der Waals surface area contributed by atoms with Crippen LogP contribution in [0.2, 0.25) is 20.1 Å². The Balaban J connectivity index is 1.77. The molecule has 0 unspecified atom stereocenters. The molecule has 0 spiro atoms. The summed E-state index contributed by atoms with van der Waals surface area (Å²) in [6, 6.07) is 14.5. The maximum Gasteiger partial charge on any atom is 0.162 e. The zero-order valence-electron chi connectivity index (χ0n) is 15.9. The van der Waals surface area contributed by atoms with Gasteiger partial charge in [0.05, 0.1) is 17.3 Å². The van der Waals surface area contributed by atoms with E-state index in [1.165, 1.54) is 0 Å². The third-order valence-corrected chi connectivity index (χ3v) is 6.08. The van der Waals surface area contributed by atoms with Crippen LogP contribution in [-0.4, -0.2) is 6.61 Å². The van der Waals surface area contributed by atoms with E-state index in [0.717, 1.165) is 21.3 Å². The summed E-state index contributed by atoms with van der Waals surface area (Å²) >= 11 is 28.0. The normalized spacial score (nSPS) is 10.7. The van der Waals surface area contributed by atoms with Gasteiger partial charge >= 0.3 is 0 Å². The van der Waals surface area contributed by atoms with E-state index >= 15 is 0 Å². The molecule has 8 heteroatoms. The SMILES string of the molecule is CCOc1cc(CNc2ccc(Cl)cc2Cl)c(Br)cc1OCc1ccc(Cl)cc1Cl. The highest BCUT2D eigenvalue weighted by Crippen LogP contribution is 2.36. The van der Waals surface area contributed by atoms with Gasteiger partial charge in [0.25, 0.3) is 0 Å². The monoisotopic (exact) mass is 547 g/mol. The molecular formula is C22H18BrCl4NO2. The van der Waals surface area contributed by atoms with Crippen LogP contribution in [-0.2, 0) is 13.2 Å².